The standard InChI is InChI=1S/C19H21NO2/c1-14-8-9-18(21-13-16-6-4-3-5-7-16)17(10-14)11-19-20-15(2)12-22-19/h3-10,15H,11-13H2,1-2H3. The summed E-state index contributed by atoms with van der Waals surface area (Å²) < 4.78 is 11.6. The lowest BCUT2D eigenvalue weighted by molar-refractivity contribution is 0.300. The number of aliphatic imine (C=N–C) groups is 1. The monoisotopic (exact) mass is 295 g/mol. The molecule has 114 valence electrons. The van der Waals surface area contributed by atoms with Gasteiger partial charge in [-0.3, -0.25) is 0 Å². The van der Waals surface area contributed by atoms with Gasteiger partial charge in [0, 0.05) is 5.56 Å². The molecule has 0 saturated carbocycles. The van der Waals surface area contributed by atoms with E-state index in [2.05, 4.69) is 43.1 Å². The van der Waals surface area contributed by atoms with Gasteiger partial charge in [-0.05, 0) is 25.5 Å². The molecule has 0 fully saturated rings. The van der Waals surface area contributed by atoms with Gasteiger partial charge in [-0.1, -0.05) is 48.0 Å². The minimum atomic E-state index is 0.258. The minimum absolute atomic E-state index is 0.258. The fourth-order valence-electron chi connectivity index (χ4n) is 2.52. The maximum atomic E-state index is 6.00. The number of nitrogens with zero attached hydrogens (tertiary/aromatic N) is 1. The molecule has 1 aliphatic heterocycles. The molecule has 0 spiro atoms. The van der Waals surface area contributed by atoms with E-state index in [1.807, 2.05) is 24.3 Å². The first kappa shape index (κ1) is 14.6. The van der Waals surface area contributed by atoms with Gasteiger partial charge in [0.1, 0.15) is 19.0 Å². The van der Waals surface area contributed by atoms with Gasteiger partial charge in [-0.2, -0.15) is 0 Å². The van der Waals surface area contributed by atoms with Crippen molar-refractivity contribution in [1.82, 2.24) is 0 Å². The van der Waals surface area contributed by atoms with Crippen LogP contribution in [0.25, 0.3) is 0 Å². The second-order valence-electron chi connectivity index (χ2n) is 5.75. The largest absolute Gasteiger partial charge is 0.489 e. The zero-order valence-electron chi connectivity index (χ0n) is 13.1. The highest BCUT2D eigenvalue weighted by Crippen LogP contribution is 2.23. The van der Waals surface area contributed by atoms with Crippen molar-refractivity contribution in [3.05, 3.63) is 65.2 Å². The molecule has 0 N–H and O–H groups in total. The summed E-state index contributed by atoms with van der Waals surface area (Å²) in [6.07, 6.45) is 0.691. The molecule has 0 aromatic heterocycles. The molecule has 22 heavy (non-hydrogen) atoms. The Morgan fingerprint density at radius 2 is 2.00 bits per heavy atom. The summed E-state index contributed by atoms with van der Waals surface area (Å²) >= 11 is 0. The maximum Gasteiger partial charge on any atom is 0.188 e. The van der Waals surface area contributed by atoms with Crippen molar-refractivity contribution in [3.63, 3.8) is 0 Å². The molecule has 3 rings (SSSR count). The zero-order valence-corrected chi connectivity index (χ0v) is 13.1. The van der Waals surface area contributed by atoms with E-state index in [9.17, 15) is 0 Å². The number of rotatable bonds is 5. The third-order valence-corrected chi connectivity index (χ3v) is 3.65. The topological polar surface area (TPSA) is 30.8 Å². The highest BCUT2D eigenvalue weighted by atomic mass is 16.5. The Morgan fingerprint density at radius 3 is 2.73 bits per heavy atom. The molecule has 2 aromatic rings. The smallest absolute Gasteiger partial charge is 0.188 e. The van der Waals surface area contributed by atoms with Crippen LogP contribution in [0.5, 0.6) is 5.75 Å². The quantitative estimate of drug-likeness (QED) is 0.836. The van der Waals surface area contributed by atoms with Crippen LogP contribution in [-0.4, -0.2) is 18.5 Å². The summed E-state index contributed by atoms with van der Waals surface area (Å²) in [5.41, 5.74) is 3.51. The van der Waals surface area contributed by atoms with Crippen LogP contribution >= 0.6 is 0 Å². The van der Waals surface area contributed by atoms with Gasteiger partial charge in [0.2, 0.25) is 0 Å². The predicted molar refractivity (Wildman–Crippen MR) is 88.5 cm³/mol. The van der Waals surface area contributed by atoms with E-state index in [-0.39, 0.29) is 6.04 Å². The Morgan fingerprint density at radius 1 is 1.18 bits per heavy atom. The predicted octanol–water partition coefficient (Wildman–Crippen LogP) is 3.93. The van der Waals surface area contributed by atoms with Gasteiger partial charge in [0.15, 0.2) is 5.90 Å². The van der Waals surface area contributed by atoms with Crippen molar-refractivity contribution in [2.75, 3.05) is 6.61 Å². The number of ether oxygens (including phenoxy) is 2. The lowest BCUT2D eigenvalue weighted by atomic mass is 10.1. The molecule has 1 unspecified atom stereocenters. The van der Waals surface area contributed by atoms with Crippen molar-refractivity contribution in [2.45, 2.75) is 32.9 Å². The molecular formula is C19H21NO2. The Balaban J connectivity index is 1.74. The van der Waals surface area contributed by atoms with Crippen LogP contribution in [0.15, 0.2) is 53.5 Å². The fourth-order valence-corrected chi connectivity index (χ4v) is 2.52. The first-order valence-corrected chi connectivity index (χ1v) is 7.66. The summed E-state index contributed by atoms with van der Waals surface area (Å²) in [7, 11) is 0. The van der Waals surface area contributed by atoms with Crippen LogP contribution < -0.4 is 4.74 Å². The third-order valence-electron chi connectivity index (χ3n) is 3.65. The number of benzene rings is 2. The van der Waals surface area contributed by atoms with Crippen LogP contribution in [0.2, 0.25) is 0 Å². The van der Waals surface area contributed by atoms with Crippen molar-refractivity contribution < 1.29 is 9.47 Å². The first-order valence-electron chi connectivity index (χ1n) is 7.66. The van der Waals surface area contributed by atoms with E-state index in [1.165, 1.54) is 5.56 Å². The summed E-state index contributed by atoms with van der Waals surface area (Å²) in [6, 6.07) is 16.7. The summed E-state index contributed by atoms with van der Waals surface area (Å²) in [5.74, 6) is 1.71. The normalized spacial score (nSPS) is 17.0. The van der Waals surface area contributed by atoms with E-state index < -0.39 is 0 Å². The van der Waals surface area contributed by atoms with Crippen LogP contribution in [-0.2, 0) is 17.8 Å². The van der Waals surface area contributed by atoms with Crippen molar-refractivity contribution in [3.8, 4) is 5.75 Å². The number of hydrogen-bond acceptors (Lipinski definition) is 3. The van der Waals surface area contributed by atoms with Crippen molar-refractivity contribution >= 4 is 5.90 Å². The molecule has 0 amide bonds. The van der Waals surface area contributed by atoms with E-state index in [0.717, 1.165) is 22.8 Å². The third kappa shape index (κ3) is 3.67. The zero-order chi connectivity index (χ0) is 15.4. The van der Waals surface area contributed by atoms with Crippen LogP contribution in [0.1, 0.15) is 23.6 Å². The molecule has 1 aliphatic rings. The van der Waals surface area contributed by atoms with E-state index in [0.29, 0.717) is 19.6 Å². The summed E-state index contributed by atoms with van der Waals surface area (Å²) in [4.78, 5) is 4.51. The fraction of sp³-hybridized carbons (Fsp3) is 0.316. The second kappa shape index (κ2) is 6.65. The molecular weight excluding hydrogens is 274 g/mol. The van der Waals surface area contributed by atoms with Crippen molar-refractivity contribution in [1.29, 1.82) is 0 Å². The average Bonchev–Trinajstić information content (AvgIpc) is 2.93. The van der Waals surface area contributed by atoms with Crippen LogP contribution in [0, 0.1) is 6.92 Å². The Kier molecular flexibility index (Phi) is 4.42. The molecule has 0 saturated heterocycles. The van der Waals surface area contributed by atoms with Gasteiger partial charge in [-0.15, -0.1) is 0 Å². The Bertz CT molecular complexity index is 664. The van der Waals surface area contributed by atoms with Gasteiger partial charge in [0.05, 0.1) is 12.5 Å². The Labute approximate surface area is 131 Å². The molecule has 3 nitrogen and oxygen atoms in total. The number of hydrogen-bond donors (Lipinski definition) is 0. The summed E-state index contributed by atoms with van der Waals surface area (Å²) in [6.45, 7) is 5.41. The lowest BCUT2D eigenvalue weighted by Gasteiger charge is -2.12. The molecule has 1 atom stereocenters. The van der Waals surface area contributed by atoms with Gasteiger partial charge in [-0.25, -0.2) is 4.99 Å². The minimum Gasteiger partial charge on any atom is -0.489 e. The van der Waals surface area contributed by atoms with E-state index in [4.69, 9.17) is 9.47 Å². The molecule has 0 radical (unpaired) electrons. The van der Waals surface area contributed by atoms with E-state index in [1.54, 1.807) is 0 Å². The highest BCUT2D eigenvalue weighted by Gasteiger charge is 2.16. The van der Waals surface area contributed by atoms with Gasteiger partial charge >= 0.3 is 0 Å². The Hall–Kier alpha value is -2.29. The number of aryl methyl sites for hydroxylation is 1. The highest BCUT2D eigenvalue weighted by molar-refractivity contribution is 5.80. The van der Waals surface area contributed by atoms with Gasteiger partial charge in [0.25, 0.3) is 0 Å². The molecule has 0 aliphatic carbocycles. The van der Waals surface area contributed by atoms with Crippen LogP contribution in [0.4, 0.5) is 0 Å². The molecule has 1 heterocycles. The lowest BCUT2D eigenvalue weighted by Crippen LogP contribution is -2.06. The maximum absolute atomic E-state index is 6.00. The molecule has 0 bridgehead atoms. The second-order valence-corrected chi connectivity index (χ2v) is 5.75. The SMILES string of the molecule is Cc1ccc(OCc2ccccc2)c(CC2=NC(C)CO2)c1. The van der Waals surface area contributed by atoms with E-state index >= 15 is 0 Å². The van der Waals surface area contributed by atoms with Crippen LogP contribution in [0.3, 0.4) is 0 Å². The average molecular weight is 295 g/mol. The summed E-state index contributed by atoms with van der Waals surface area (Å²) in [5, 5.41) is 0. The van der Waals surface area contributed by atoms with Crippen molar-refractivity contribution in [2.24, 2.45) is 4.99 Å². The molecule has 2 aromatic carbocycles. The van der Waals surface area contributed by atoms with Gasteiger partial charge < -0.3 is 9.47 Å². The molecule has 3 heteroatoms. The first-order chi connectivity index (χ1) is 10.7.